The van der Waals surface area contributed by atoms with Crippen molar-refractivity contribution in [2.24, 2.45) is 5.41 Å². The fourth-order valence-electron chi connectivity index (χ4n) is 3.74. The summed E-state index contributed by atoms with van der Waals surface area (Å²) in [6.07, 6.45) is 4.81. The lowest BCUT2D eigenvalue weighted by molar-refractivity contribution is 0.0560. The molecule has 19 heavy (non-hydrogen) atoms. The molecule has 0 aliphatic heterocycles. The molecule has 0 heterocycles. The molecular weight excluding hydrogens is 261 g/mol. The zero-order valence-electron chi connectivity index (χ0n) is 11.6. The van der Waals surface area contributed by atoms with Crippen molar-refractivity contribution < 1.29 is 4.39 Å². The van der Waals surface area contributed by atoms with Gasteiger partial charge in [-0.1, -0.05) is 31.5 Å². The van der Waals surface area contributed by atoms with Crippen LogP contribution in [0.4, 0.5) is 4.39 Å². The first-order valence-corrected chi connectivity index (χ1v) is 7.47. The molecule has 0 bridgehead atoms. The lowest BCUT2D eigenvalue weighted by atomic mass is 9.52. The van der Waals surface area contributed by atoms with Crippen LogP contribution in [-0.4, -0.2) is 12.6 Å². The Hall–Kier alpha value is -0.600. The summed E-state index contributed by atoms with van der Waals surface area (Å²) in [7, 11) is 0. The number of halogens is 2. The maximum absolute atomic E-state index is 13.2. The third kappa shape index (κ3) is 2.66. The first-order valence-electron chi connectivity index (χ1n) is 7.09. The van der Waals surface area contributed by atoms with Crippen molar-refractivity contribution >= 4 is 11.6 Å². The highest BCUT2D eigenvalue weighted by Gasteiger charge is 2.51. The third-order valence-corrected chi connectivity index (χ3v) is 4.76. The summed E-state index contributed by atoms with van der Waals surface area (Å²) in [4.78, 5) is 0. The molecular formula is C16H21ClFN. The van der Waals surface area contributed by atoms with Gasteiger partial charge in [0.05, 0.1) is 0 Å². The van der Waals surface area contributed by atoms with E-state index in [-0.39, 0.29) is 11.2 Å². The van der Waals surface area contributed by atoms with Crippen LogP contribution in [0.3, 0.4) is 0 Å². The molecule has 2 saturated carbocycles. The second-order valence-electron chi connectivity index (χ2n) is 7.08. The van der Waals surface area contributed by atoms with Crippen molar-refractivity contribution in [3.8, 4) is 0 Å². The quantitative estimate of drug-likeness (QED) is 0.868. The van der Waals surface area contributed by atoms with Gasteiger partial charge in [0.1, 0.15) is 5.82 Å². The smallest absolute Gasteiger partial charge is 0.124 e. The SMILES string of the molecule is CC1(C)CC(CNC2CC2)(c2ccc(F)cc2Cl)C1. The van der Waals surface area contributed by atoms with Crippen molar-refractivity contribution in [1.82, 2.24) is 5.32 Å². The van der Waals surface area contributed by atoms with Crippen molar-refractivity contribution in [2.75, 3.05) is 6.54 Å². The number of hydrogen-bond donors (Lipinski definition) is 1. The molecule has 0 amide bonds. The topological polar surface area (TPSA) is 12.0 Å². The van der Waals surface area contributed by atoms with Crippen LogP contribution in [0.15, 0.2) is 18.2 Å². The van der Waals surface area contributed by atoms with Gasteiger partial charge in [0.2, 0.25) is 0 Å². The molecule has 0 spiro atoms. The van der Waals surface area contributed by atoms with Crippen LogP contribution in [0.2, 0.25) is 5.02 Å². The number of benzene rings is 1. The molecule has 2 fully saturated rings. The molecule has 0 saturated heterocycles. The molecule has 3 rings (SSSR count). The predicted molar refractivity (Wildman–Crippen MR) is 77.1 cm³/mol. The third-order valence-electron chi connectivity index (χ3n) is 4.44. The summed E-state index contributed by atoms with van der Waals surface area (Å²) in [5.41, 5.74) is 1.57. The first kappa shape index (κ1) is 13.4. The Morgan fingerprint density at radius 3 is 2.53 bits per heavy atom. The van der Waals surface area contributed by atoms with Crippen LogP contribution in [-0.2, 0) is 5.41 Å². The van der Waals surface area contributed by atoms with Crippen molar-refractivity contribution in [1.29, 1.82) is 0 Å². The standard InChI is InChI=1S/C16H21ClFN/c1-15(2)8-16(9-15,10-19-12-4-5-12)13-6-3-11(18)7-14(13)17/h3,6-7,12,19H,4-5,8-10H2,1-2H3. The van der Waals surface area contributed by atoms with E-state index in [1.807, 2.05) is 6.07 Å². The largest absolute Gasteiger partial charge is 0.313 e. The summed E-state index contributed by atoms with van der Waals surface area (Å²) in [6, 6.07) is 5.55. The highest BCUT2D eigenvalue weighted by atomic mass is 35.5. The summed E-state index contributed by atoms with van der Waals surface area (Å²) in [6.45, 7) is 5.55. The normalized spacial score (nSPS) is 24.0. The Morgan fingerprint density at radius 1 is 1.32 bits per heavy atom. The molecule has 0 unspecified atom stereocenters. The maximum atomic E-state index is 13.2. The van der Waals surface area contributed by atoms with E-state index in [9.17, 15) is 4.39 Å². The minimum absolute atomic E-state index is 0.0941. The molecule has 1 aromatic carbocycles. The van der Waals surface area contributed by atoms with Gasteiger partial charge in [-0.3, -0.25) is 0 Å². The van der Waals surface area contributed by atoms with E-state index in [0.717, 1.165) is 24.9 Å². The minimum Gasteiger partial charge on any atom is -0.313 e. The van der Waals surface area contributed by atoms with Gasteiger partial charge in [-0.05, 0) is 48.8 Å². The highest BCUT2D eigenvalue weighted by molar-refractivity contribution is 6.31. The second-order valence-corrected chi connectivity index (χ2v) is 7.48. The Kier molecular flexibility index (Phi) is 3.14. The van der Waals surface area contributed by atoms with Crippen LogP contribution in [0, 0.1) is 11.2 Å². The van der Waals surface area contributed by atoms with Crippen LogP contribution < -0.4 is 5.32 Å². The summed E-state index contributed by atoms with van der Waals surface area (Å²) in [5, 5.41) is 4.20. The van der Waals surface area contributed by atoms with E-state index in [0.29, 0.717) is 16.5 Å². The average molecular weight is 282 g/mol. The second kappa shape index (κ2) is 4.46. The Balaban J connectivity index is 1.85. The lowest BCUT2D eigenvalue weighted by Crippen LogP contribution is -2.53. The zero-order valence-corrected chi connectivity index (χ0v) is 12.4. The molecule has 0 aromatic heterocycles. The van der Waals surface area contributed by atoms with E-state index in [2.05, 4.69) is 19.2 Å². The molecule has 1 aromatic rings. The molecule has 0 atom stereocenters. The van der Waals surface area contributed by atoms with Gasteiger partial charge in [0.15, 0.2) is 0 Å². The maximum Gasteiger partial charge on any atom is 0.124 e. The molecule has 2 aliphatic rings. The van der Waals surface area contributed by atoms with Gasteiger partial charge in [-0.15, -0.1) is 0 Å². The highest BCUT2D eigenvalue weighted by Crippen LogP contribution is 2.56. The van der Waals surface area contributed by atoms with Crippen LogP contribution in [0.1, 0.15) is 45.1 Å². The summed E-state index contributed by atoms with van der Waals surface area (Å²) >= 11 is 6.28. The van der Waals surface area contributed by atoms with Crippen molar-refractivity contribution in [3.05, 3.63) is 34.6 Å². The molecule has 0 radical (unpaired) electrons. The Labute approximate surface area is 119 Å². The molecule has 1 nitrogen and oxygen atoms in total. The molecule has 3 heteroatoms. The molecule has 2 aliphatic carbocycles. The average Bonchev–Trinajstić information content (AvgIpc) is 3.06. The summed E-state index contributed by atoms with van der Waals surface area (Å²) < 4.78 is 13.2. The van der Waals surface area contributed by atoms with E-state index in [1.165, 1.54) is 25.0 Å². The Bertz CT molecular complexity index is 486. The van der Waals surface area contributed by atoms with Gasteiger partial charge in [-0.25, -0.2) is 4.39 Å². The van der Waals surface area contributed by atoms with Crippen molar-refractivity contribution in [3.63, 3.8) is 0 Å². The number of nitrogens with one attached hydrogen (secondary N) is 1. The van der Waals surface area contributed by atoms with E-state index >= 15 is 0 Å². The van der Waals surface area contributed by atoms with E-state index in [4.69, 9.17) is 11.6 Å². The first-order chi connectivity index (χ1) is 8.90. The van der Waals surface area contributed by atoms with Crippen LogP contribution >= 0.6 is 11.6 Å². The van der Waals surface area contributed by atoms with Gasteiger partial charge < -0.3 is 5.32 Å². The van der Waals surface area contributed by atoms with Gasteiger partial charge in [0.25, 0.3) is 0 Å². The van der Waals surface area contributed by atoms with Gasteiger partial charge >= 0.3 is 0 Å². The lowest BCUT2D eigenvalue weighted by Gasteiger charge is -2.54. The van der Waals surface area contributed by atoms with Crippen LogP contribution in [0.5, 0.6) is 0 Å². The monoisotopic (exact) mass is 281 g/mol. The Morgan fingerprint density at radius 2 is 2.00 bits per heavy atom. The van der Waals surface area contributed by atoms with Gasteiger partial charge in [-0.2, -0.15) is 0 Å². The molecule has 104 valence electrons. The predicted octanol–water partition coefficient (Wildman–Crippen LogP) is 4.29. The number of hydrogen-bond acceptors (Lipinski definition) is 1. The van der Waals surface area contributed by atoms with Gasteiger partial charge in [0, 0.05) is 23.0 Å². The fourth-order valence-corrected chi connectivity index (χ4v) is 4.11. The van der Waals surface area contributed by atoms with E-state index in [1.54, 1.807) is 0 Å². The van der Waals surface area contributed by atoms with Crippen LogP contribution in [0.25, 0.3) is 0 Å². The van der Waals surface area contributed by atoms with Crippen molar-refractivity contribution in [2.45, 2.75) is 51.0 Å². The van der Waals surface area contributed by atoms with E-state index < -0.39 is 0 Å². The summed E-state index contributed by atoms with van der Waals surface area (Å²) in [5.74, 6) is -0.252. The fraction of sp³-hybridized carbons (Fsp3) is 0.625. The number of rotatable bonds is 4. The zero-order chi connectivity index (χ0) is 13.7. The minimum atomic E-state index is -0.252. The molecule has 1 N–H and O–H groups in total.